The lowest BCUT2D eigenvalue weighted by atomic mass is 10.1. The zero-order valence-electron chi connectivity index (χ0n) is 7.72. The van der Waals surface area contributed by atoms with Gasteiger partial charge in [-0.2, -0.15) is 0 Å². The standard InChI is InChI=1S/C10H12Cl2FSi/c11-14(12)8-4-7-10(13)9-5-2-1-3-6-9/h1-3,5-6,10H,4,7-8H2. The lowest BCUT2D eigenvalue weighted by Crippen LogP contribution is -1.95. The molecule has 1 aromatic carbocycles. The molecule has 0 aliphatic carbocycles. The van der Waals surface area contributed by atoms with Gasteiger partial charge in [-0.25, -0.2) is 4.39 Å². The fourth-order valence-electron chi connectivity index (χ4n) is 1.24. The van der Waals surface area contributed by atoms with Crippen molar-refractivity contribution >= 4 is 29.6 Å². The molecule has 14 heavy (non-hydrogen) atoms. The van der Waals surface area contributed by atoms with Crippen molar-refractivity contribution < 1.29 is 4.39 Å². The third kappa shape index (κ3) is 4.44. The van der Waals surface area contributed by atoms with Crippen LogP contribution in [0.25, 0.3) is 0 Å². The van der Waals surface area contributed by atoms with Gasteiger partial charge in [-0.1, -0.05) is 36.8 Å². The summed E-state index contributed by atoms with van der Waals surface area (Å²) in [7, 11) is -1.23. The second kappa shape index (κ2) is 6.43. The first kappa shape index (κ1) is 12.0. The van der Waals surface area contributed by atoms with Crippen LogP contribution in [-0.4, -0.2) is 7.42 Å². The summed E-state index contributed by atoms with van der Waals surface area (Å²) in [6.07, 6.45) is 0.389. The highest BCUT2D eigenvalue weighted by molar-refractivity contribution is 7.33. The summed E-state index contributed by atoms with van der Waals surface area (Å²) in [5.41, 5.74) is 0.741. The summed E-state index contributed by atoms with van der Waals surface area (Å²) in [6, 6.07) is 9.94. The summed E-state index contributed by atoms with van der Waals surface area (Å²) < 4.78 is 13.5. The Hall–Kier alpha value is -0.0531. The van der Waals surface area contributed by atoms with Gasteiger partial charge in [0.2, 0.25) is 0 Å². The van der Waals surface area contributed by atoms with E-state index in [4.69, 9.17) is 22.2 Å². The van der Waals surface area contributed by atoms with Crippen molar-refractivity contribution in [3.05, 3.63) is 35.9 Å². The second-order valence-corrected chi connectivity index (χ2v) is 7.60. The van der Waals surface area contributed by atoms with Crippen molar-refractivity contribution in [2.24, 2.45) is 0 Å². The summed E-state index contributed by atoms with van der Waals surface area (Å²) in [5.74, 6) is 0. The highest BCUT2D eigenvalue weighted by Gasteiger charge is 2.10. The first-order chi connectivity index (χ1) is 6.70. The number of rotatable bonds is 5. The van der Waals surface area contributed by atoms with E-state index in [1.54, 1.807) is 12.1 Å². The molecule has 4 heteroatoms. The Morgan fingerprint density at radius 3 is 2.43 bits per heavy atom. The van der Waals surface area contributed by atoms with Crippen LogP contribution < -0.4 is 0 Å². The van der Waals surface area contributed by atoms with E-state index in [2.05, 4.69) is 0 Å². The fraction of sp³-hybridized carbons (Fsp3) is 0.400. The Balaban J connectivity index is 2.32. The van der Waals surface area contributed by atoms with E-state index in [1.807, 2.05) is 18.2 Å². The largest absolute Gasteiger partial charge is 0.273 e. The smallest absolute Gasteiger partial charge is 0.242 e. The summed E-state index contributed by atoms with van der Waals surface area (Å²) in [5, 5.41) is 0. The molecule has 0 N–H and O–H groups in total. The van der Waals surface area contributed by atoms with Crippen LogP contribution in [0.15, 0.2) is 30.3 Å². The van der Waals surface area contributed by atoms with E-state index in [0.717, 1.165) is 18.0 Å². The lowest BCUT2D eigenvalue weighted by Gasteiger charge is -2.07. The normalized spacial score (nSPS) is 13.1. The zero-order chi connectivity index (χ0) is 10.4. The van der Waals surface area contributed by atoms with Crippen molar-refractivity contribution in [1.82, 2.24) is 0 Å². The van der Waals surface area contributed by atoms with Gasteiger partial charge in [0.15, 0.2) is 0 Å². The molecule has 77 valence electrons. The quantitative estimate of drug-likeness (QED) is 0.535. The molecule has 0 saturated carbocycles. The van der Waals surface area contributed by atoms with Gasteiger partial charge < -0.3 is 0 Å². The highest BCUT2D eigenvalue weighted by Crippen LogP contribution is 2.24. The molecule has 0 fully saturated rings. The highest BCUT2D eigenvalue weighted by atomic mass is 35.7. The van der Waals surface area contributed by atoms with Crippen LogP contribution in [0, 0.1) is 0 Å². The molecule has 0 aliphatic rings. The fourth-order valence-corrected chi connectivity index (χ4v) is 2.52. The molecule has 0 amide bonds. The van der Waals surface area contributed by atoms with E-state index >= 15 is 0 Å². The van der Waals surface area contributed by atoms with Crippen molar-refractivity contribution in [2.45, 2.75) is 25.1 Å². The Kier molecular flexibility index (Phi) is 5.52. The van der Waals surface area contributed by atoms with E-state index in [-0.39, 0.29) is 0 Å². The molecule has 1 atom stereocenters. The van der Waals surface area contributed by atoms with E-state index in [0.29, 0.717) is 6.42 Å². The molecule has 0 nitrogen and oxygen atoms in total. The summed E-state index contributed by atoms with van der Waals surface area (Å²) in [4.78, 5) is 0. The van der Waals surface area contributed by atoms with Crippen LogP contribution >= 0.6 is 22.2 Å². The Labute approximate surface area is 95.1 Å². The summed E-state index contributed by atoms with van der Waals surface area (Å²) >= 11 is 11.3. The molecule has 1 rings (SSSR count). The van der Waals surface area contributed by atoms with Gasteiger partial charge in [0.05, 0.1) is 0 Å². The van der Waals surface area contributed by atoms with Crippen LogP contribution in [-0.2, 0) is 0 Å². The van der Waals surface area contributed by atoms with Crippen LogP contribution in [0.1, 0.15) is 24.6 Å². The van der Waals surface area contributed by atoms with Crippen molar-refractivity contribution in [3.63, 3.8) is 0 Å². The maximum absolute atomic E-state index is 13.5. The van der Waals surface area contributed by atoms with Gasteiger partial charge in [0.1, 0.15) is 6.17 Å². The average Bonchev–Trinajstić information content (AvgIpc) is 2.18. The molecule has 0 spiro atoms. The van der Waals surface area contributed by atoms with Crippen LogP contribution in [0.4, 0.5) is 4.39 Å². The van der Waals surface area contributed by atoms with Gasteiger partial charge in [0, 0.05) is 0 Å². The topological polar surface area (TPSA) is 0 Å². The summed E-state index contributed by atoms with van der Waals surface area (Å²) in [6.45, 7) is 0. The van der Waals surface area contributed by atoms with Gasteiger partial charge in [-0.05, 0) is 18.0 Å². The monoisotopic (exact) mass is 249 g/mol. The van der Waals surface area contributed by atoms with Crippen LogP contribution in [0.2, 0.25) is 6.04 Å². The third-order valence-electron chi connectivity index (χ3n) is 1.98. The second-order valence-electron chi connectivity index (χ2n) is 3.11. The number of halogens is 3. The number of hydrogen-bond acceptors (Lipinski definition) is 0. The first-order valence-electron chi connectivity index (χ1n) is 4.56. The van der Waals surface area contributed by atoms with Crippen molar-refractivity contribution in [1.29, 1.82) is 0 Å². The molecule has 0 bridgehead atoms. The average molecular weight is 250 g/mol. The number of hydrogen-bond donors (Lipinski definition) is 0. The Morgan fingerprint density at radius 1 is 1.21 bits per heavy atom. The molecule has 0 aliphatic heterocycles. The molecule has 1 radical (unpaired) electrons. The SMILES string of the molecule is FC(CCC[Si](Cl)Cl)c1ccccc1. The van der Waals surface area contributed by atoms with E-state index in [9.17, 15) is 4.39 Å². The number of alkyl halides is 1. The van der Waals surface area contributed by atoms with E-state index in [1.165, 1.54) is 0 Å². The third-order valence-corrected chi connectivity index (χ3v) is 3.85. The van der Waals surface area contributed by atoms with E-state index < -0.39 is 13.6 Å². The molecule has 0 heterocycles. The van der Waals surface area contributed by atoms with Crippen molar-refractivity contribution in [2.75, 3.05) is 0 Å². The maximum atomic E-state index is 13.5. The molecule has 0 aromatic heterocycles. The maximum Gasteiger partial charge on any atom is 0.273 e. The zero-order valence-corrected chi connectivity index (χ0v) is 10.2. The Morgan fingerprint density at radius 2 is 1.86 bits per heavy atom. The number of benzene rings is 1. The predicted molar refractivity (Wildman–Crippen MR) is 61.8 cm³/mol. The lowest BCUT2D eigenvalue weighted by molar-refractivity contribution is 0.321. The van der Waals surface area contributed by atoms with Crippen LogP contribution in [0.3, 0.4) is 0 Å². The van der Waals surface area contributed by atoms with Gasteiger partial charge in [-0.15, -0.1) is 22.2 Å². The molecule has 1 aromatic rings. The van der Waals surface area contributed by atoms with Gasteiger partial charge in [-0.3, -0.25) is 0 Å². The van der Waals surface area contributed by atoms with Gasteiger partial charge in [0.25, 0.3) is 7.42 Å². The van der Waals surface area contributed by atoms with Crippen molar-refractivity contribution in [3.8, 4) is 0 Å². The van der Waals surface area contributed by atoms with Crippen LogP contribution in [0.5, 0.6) is 0 Å². The molecule has 0 saturated heterocycles. The van der Waals surface area contributed by atoms with Gasteiger partial charge >= 0.3 is 0 Å². The minimum absolute atomic E-state index is 0.512. The minimum atomic E-state index is -1.23. The molecular weight excluding hydrogens is 238 g/mol. The molecular formula is C10H12Cl2FSi. The Bertz CT molecular complexity index is 254. The molecule has 1 unspecified atom stereocenters. The minimum Gasteiger partial charge on any atom is -0.242 e. The first-order valence-corrected chi connectivity index (χ1v) is 8.29. The predicted octanol–water partition coefficient (Wildman–Crippen LogP) is 4.44.